The number of hydrogen-bond donors (Lipinski definition) is 0. The van der Waals surface area contributed by atoms with E-state index in [1.807, 2.05) is 0 Å². The van der Waals surface area contributed by atoms with Crippen molar-refractivity contribution in [2.45, 2.75) is 6.92 Å². The van der Waals surface area contributed by atoms with Crippen LogP contribution in [0.2, 0.25) is 0 Å². The van der Waals surface area contributed by atoms with E-state index in [0.29, 0.717) is 0 Å². The van der Waals surface area contributed by atoms with Crippen molar-refractivity contribution in [2.24, 2.45) is 0 Å². The molecule has 0 atom stereocenters. The lowest BCUT2D eigenvalue weighted by Crippen LogP contribution is -2.26. The van der Waals surface area contributed by atoms with Crippen molar-refractivity contribution in [3.8, 4) is 11.1 Å². The van der Waals surface area contributed by atoms with Gasteiger partial charge in [-0.1, -0.05) is 97.1 Å². The van der Waals surface area contributed by atoms with Gasteiger partial charge in [0.2, 0.25) is 0 Å². The molecule has 0 aliphatic rings. The van der Waals surface area contributed by atoms with Crippen molar-refractivity contribution < 1.29 is 0 Å². The van der Waals surface area contributed by atoms with E-state index in [1.54, 1.807) is 0 Å². The molecule has 0 unspecified atom stereocenters. The zero-order chi connectivity index (χ0) is 19.9. The monoisotopic (exact) mass is 375 g/mol. The normalized spacial score (nSPS) is 12.2. The van der Waals surface area contributed by atoms with Crippen LogP contribution >= 0.6 is 0 Å². The lowest BCUT2D eigenvalue weighted by Gasteiger charge is -2.24. The molecule has 0 heterocycles. The Bertz CT molecular complexity index is 1160. The first-order valence-corrected chi connectivity index (χ1v) is 10.0. The van der Waals surface area contributed by atoms with Gasteiger partial charge < -0.3 is 4.90 Å². The molecule has 0 saturated heterocycles. The van der Waals surface area contributed by atoms with E-state index in [2.05, 4.69) is 133 Å². The highest BCUT2D eigenvalue weighted by atomic mass is 15.1. The van der Waals surface area contributed by atoms with Crippen molar-refractivity contribution >= 4 is 23.5 Å². The van der Waals surface area contributed by atoms with Crippen molar-refractivity contribution in [1.29, 1.82) is 0 Å². The topological polar surface area (TPSA) is 3.24 Å². The molecule has 1 nitrogen and oxygen atoms in total. The fraction of sp³-hybridized carbons (Fsp3) is 0.0714. The molecular formula is C28H25N. The SMILES string of the molecule is C/C=c1/cccc/c1=C/CN(c1ccccc1)c1ccc(-c2ccccc2)cc1. The molecule has 142 valence electrons. The van der Waals surface area contributed by atoms with Gasteiger partial charge >= 0.3 is 0 Å². The first kappa shape index (κ1) is 18.8. The zero-order valence-corrected chi connectivity index (χ0v) is 16.7. The van der Waals surface area contributed by atoms with Gasteiger partial charge in [0.1, 0.15) is 0 Å². The van der Waals surface area contributed by atoms with Gasteiger partial charge in [-0.05, 0) is 52.8 Å². The number of anilines is 2. The second-order valence-corrected chi connectivity index (χ2v) is 6.98. The summed E-state index contributed by atoms with van der Waals surface area (Å²) < 4.78 is 0. The van der Waals surface area contributed by atoms with Crippen LogP contribution in [0.15, 0.2) is 109 Å². The lowest BCUT2D eigenvalue weighted by atomic mass is 10.1. The molecule has 1 heteroatoms. The van der Waals surface area contributed by atoms with Crippen LogP contribution in [0.5, 0.6) is 0 Å². The third kappa shape index (κ3) is 4.47. The third-order valence-electron chi connectivity index (χ3n) is 5.15. The number of benzene rings is 4. The maximum Gasteiger partial charge on any atom is 0.0420 e. The number of para-hydroxylation sites is 1. The molecule has 0 saturated carbocycles. The molecule has 0 fully saturated rings. The first-order chi connectivity index (χ1) is 14.3. The molecule has 0 radical (unpaired) electrons. The quantitative estimate of drug-likeness (QED) is 0.428. The highest BCUT2D eigenvalue weighted by molar-refractivity contribution is 5.70. The molecule has 4 aromatic rings. The van der Waals surface area contributed by atoms with Gasteiger partial charge in [-0.25, -0.2) is 0 Å². The largest absolute Gasteiger partial charge is 0.338 e. The van der Waals surface area contributed by atoms with Crippen molar-refractivity contribution in [3.63, 3.8) is 0 Å². The summed E-state index contributed by atoms with van der Waals surface area (Å²) in [6.45, 7) is 2.89. The van der Waals surface area contributed by atoms with Gasteiger partial charge in [-0.3, -0.25) is 0 Å². The average molecular weight is 376 g/mol. The number of rotatable bonds is 5. The minimum Gasteiger partial charge on any atom is -0.338 e. The van der Waals surface area contributed by atoms with Gasteiger partial charge in [-0.2, -0.15) is 0 Å². The Kier molecular flexibility index (Phi) is 5.87. The molecule has 0 N–H and O–H groups in total. The van der Waals surface area contributed by atoms with Gasteiger partial charge in [0.25, 0.3) is 0 Å². The predicted octanol–water partition coefficient (Wildman–Crippen LogP) is 5.77. The molecule has 4 rings (SSSR count). The van der Waals surface area contributed by atoms with Gasteiger partial charge in [0.05, 0.1) is 0 Å². The lowest BCUT2D eigenvalue weighted by molar-refractivity contribution is 1.13. The zero-order valence-electron chi connectivity index (χ0n) is 16.7. The van der Waals surface area contributed by atoms with Crippen molar-refractivity contribution in [2.75, 3.05) is 11.4 Å². The smallest absolute Gasteiger partial charge is 0.0420 e. The van der Waals surface area contributed by atoms with Crippen molar-refractivity contribution in [1.82, 2.24) is 0 Å². The minimum atomic E-state index is 0.805. The van der Waals surface area contributed by atoms with E-state index >= 15 is 0 Å². The molecule has 0 aromatic heterocycles. The maximum absolute atomic E-state index is 2.35. The van der Waals surface area contributed by atoms with E-state index < -0.39 is 0 Å². The Balaban J connectivity index is 1.70. The summed E-state index contributed by atoms with van der Waals surface area (Å²) in [5.41, 5.74) is 4.85. The van der Waals surface area contributed by atoms with Crippen LogP contribution in [0.1, 0.15) is 6.92 Å². The summed E-state index contributed by atoms with van der Waals surface area (Å²) in [7, 11) is 0. The summed E-state index contributed by atoms with van der Waals surface area (Å²) >= 11 is 0. The minimum absolute atomic E-state index is 0.805. The van der Waals surface area contributed by atoms with Crippen LogP contribution in [-0.4, -0.2) is 6.54 Å². The van der Waals surface area contributed by atoms with Gasteiger partial charge in [-0.15, -0.1) is 0 Å². The molecule has 29 heavy (non-hydrogen) atoms. The van der Waals surface area contributed by atoms with Crippen LogP contribution < -0.4 is 15.3 Å². The Morgan fingerprint density at radius 1 is 0.552 bits per heavy atom. The summed E-state index contributed by atoms with van der Waals surface area (Å²) in [5, 5.41) is 2.52. The van der Waals surface area contributed by atoms with Crippen LogP contribution in [0.25, 0.3) is 23.3 Å². The van der Waals surface area contributed by atoms with Crippen molar-refractivity contribution in [3.05, 3.63) is 120 Å². The summed E-state index contributed by atoms with van der Waals surface area (Å²) in [4.78, 5) is 2.35. The van der Waals surface area contributed by atoms with Crippen LogP contribution in [-0.2, 0) is 0 Å². The standard InChI is InChI=1S/C28H25N/c1-2-23-11-9-10-14-25(23)21-22-29(27-15-7-4-8-16-27)28-19-17-26(18-20-28)24-12-5-3-6-13-24/h2-21H,22H2,1H3/b23-2-,25-21-. The summed E-state index contributed by atoms with van der Waals surface area (Å²) in [6.07, 6.45) is 4.46. The number of nitrogens with zero attached hydrogens (tertiary/aromatic N) is 1. The summed E-state index contributed by atoms with van der Waals surface area (Å²) in [6, 6.07) is 38.4. The molecule has 4 aromatic carbocycles. The van der Waals surface area contributed by atoms with Crippen LogP contribution in [0, 0.1) is 0 Å². The third-order valence-corrected chi connectivity index (χ3v) is 5.15. The molecular weight excluding hydrogens is 350 g/mol. The Morgan fingerprint density at radius 3 is 1.72 bits per heavy atom. The highest BCUT2D eigenvalue weighted by Crippen LogP contribution is 2.28. The highest BCUT2D eigenvalue weighted by Gasteiger charge is 2.08. The first-order valence-electron chi connectivity index (χ1n) is 10.0. The predicted molar refractivity (Wildman–Crippen MR) is 126 cm³/mol. The molecule has 0 aliphatic carbocycles. The fourth-order valence-corrected chi connectivity index (χ4v) is 3.58. The Morgan fingerprint density at radius 2 is 1.07 bits per heavy atom. The van der Waals surface area contributed by atoms with E-state index in [0.717, 1.165) is 6.54 Å². The second kappa shape index (κ2) is 9.07. The molecule has 0 amide bonds. The fourth-order valence-electron chi connectivity index (χ4n) is 3.58. The van der Waals surface area contributed by atoms with E-state index in [1.165, 1.54) is 32.9 Å². The van der Waals surface area contributed by atoms with Gasteiger partial charge in [0, 0.05) is 17.9 Å². The Labute approximate surface area is 172 Å². The molecule has 0 spiro atoms. The number of hydrogen-bond acceptors (Lipinski definition) is 1. The molecule has 0 aliphatic heterocycles. The van der Waals surface area contributed by atoms with Crippen LogP contribution in [0.3, 0.4) is 0 Å². The maximum atomic E-state index is 2.35. The second-order valence-electron chi connectivity index (χ2n) is 6.98. The van der Waals surface area contributed by atoms with E-state index in [9.17, 15) is 0 Å². The Hall–Kier alpha value is -3.58. The van der Waals surface area contributed by atoms with E-state index in [-0.39, 0.29) is 0 Å². The van der Waals surface area contributed by atoms with Gasteiger partial charge in [0.15, 0.2) is 0 Å². The van der Waals surface area contributed by atoms with Crippen LogP contribution in [0.4, 0.5) is 11.4 Å². The molecule has 0 bridgehead atoms. The summed E-state index contributed by atoms with van der Waals surface area (Å²) in [5.74, 6) is 0. The van der Waals surface area contributed by atoms with E-state index in [4.69, 9.17) is 0 Å². The average Bonchev–Trinajstić information content (AvgIpc) is 2.81.